The van der Waals surface area contributed by atoms with E-state index in [4.69, 9.17) is 35.1 Å². The van der Waals surface area contributed by atoms with Gasteiger partial charge in [-0.25, -0.2) is 0 Å². The third kappa shape index (κ3) is 8.83. The van der Waals surface area contributed by atoms with Gasteiger partial charge in [0.05, 0.1) is 26.4 Å². The predicted octanol–water partition coefficient (Wildman–Crippen LogP) is -1.02. The van der Waals surface area contributed by atoms with Crippen molar-refractivity contribution in [3.63, 3.8) is 0 Å². The van der Waals surface area contributed by atoms with Crippen molar-refractivity contribution in [1.82, 2.24) is 0 Å². The lowest BCUT2D eigenvalue weighted by atomic mass is 10.4. The average molecular weight is 251 g/mol. The van der Waals surface area contributed by atoms with Crippen LogP contribution in [0.25, 0.3) is 10.4 Å². The van der Waals surface area contributed by atoms with E-state index in [0.717, 1.165) is 0 Å². The summed E-state index contributed by atoms with van der Waals surface area (Å²) in [7, 11) is 0. The highest BCUT2D eigenvalue weighted by molar-refractivity contribution is 4.54. The Morgan fingerprint density at radius 1 is 1.06 bits per heavy atom. The van der Waals surface area contributed by atoms with Gasteiger partial charge in [-0.05, 0) is 5.53 Å². The normalized spacial score (nSPS) is 12.5. The second-order valence-electron chi connectivity index (χ2n) is 2.97. The van der Waals surface area contributed by atoms with Crippen LogP contribution >= 0.6 is 0 Å². The second kappa shape index (κ2) is 11.6. The molecule has 3 N–H and O–H groups in total. The first kappa shape index (κ1) is 16.1. The summed E-state index contributed by atoms with van der Waals surface area (Å²) < 4.78 is 14.8. The maximum Gasteiger partial charge on any atom is 0.147 e. The fourth-order valence-electron chi connectivity index (χ4n) is 0.805. The lowest BCUT2D eigenvalue weighted by Gasteiger charge is -2.16. The van der Waals surface area contributed by atoms with Gasteiger partial charge in [0.2, 0.25) is 0 Å². The first-order chi connectivity index (χ1) is 8.28. The predicted molar refractivity (Wildman–Crippen MR) is 55.8 cm³/mol. The van der Waals surface area contributed by atoms with Crippen molar-refractivity contribution < 1.29 is 29.5 Å². The zero-order valence-electron chi connectivity index (χ0n) is 9.31. The van der Waals surface area contributed by atoms with Gasteiger partial charge in [-0.3, -0.25) is 0 Å². The molecule has 0 aliphatic heterocycles. The van der Waals surface area contributed by atoms with E-state index in [0.29, 0.717) is 0 Å². The number of azide groups is 1. The van der Waals surface area contributed by atoms with E-state index >= 15 is 0 Å². The minimum Gasteiger partial charge on any atom is -0.394 e. The fraction of sp³-hybridized carbons (Fsp3) is 1.00. The molecule has 0 aliphatic rings. The van der Waals surface area contributed by atoms with E-state index in [1.54, 1.807) is 0 Å². The summed E-state index contributed by atoms with van der Waals surface area (Å²) in [6.07, 6.45) is -1.31. The molecule has 0 aromatic rings. The van der Waals surface area contributed by atoms with Crippen LogP contribution in [0, 0.1) is 0 Å². The van der Waals surface area contributed by atoms with Crippen molar-refractivity contribution in [2.45, 2.75) is 12.2 Å². The van der Waals surface area contributed by atoms with E-state index < -0.39 is 12.2 Å². The molecule has 0 heterocycles. The monoisotopic (exact) mass is 251 g/mol. The van der Waals surface area contributed by atoms with Crippen LogP contribution in [0.1, 0.15) is 0 Å². The van der Waals surface area contributed by atoms with Gasteiger partial charge in [0.1, 0.15) is 25.7 Å². The number of ether oxygens (including phenoxy) is 3. The lowest BCUT2D eigenvalue weighted by Crippen LogP contribution is -2.27. The molecule has 0 fully saturated rings. The minimum atomic E-state index is -0.688. The molecule has 17 heavy (non-hydrogen) atoms. The largest absolute Gasteiger partial charge is 0.394 e. The highest BCUT2D eigenvalue weighted by Crippen LogP contribution is 1.95. The van der Waals surface area contributed by atoms with Gasteiger partial charge in [0, 0.05) is 4.91 Å². The Labute approximate surface area is 98.2 Å². The number of rotatable bonds is 11. The van der Waals surface area contributed by atoms with E-state index in [1.165, 1.54) is 0 Å². The third-order valence-electron chi connectivity index (χ3n) is 1.73. The molecule has 9 heteroatoms. The Balaban J connectivity index is 3.58. The van der Waals surface area contributed by atoms with Crippen LogP contribution in [-0.2, 0) is 14.2 Å². The maximum absolute atomic E-state index is 8.87. The first-order valence-electron chi connectivity index (χ1n) is 4.92. The van der Waals surface area contributed by atoms with Crippen LogP contribution in [0.4, 0.5) is 0 Å². The van der Waals surface area contributed by atoms with Crippen molar-refractivity contribution >= 4 is 0 Å². The molecule has 0 aromatic heterocycles. The summed E-state index contributed by atoms with van der Waals surface area (Å²) in [5.41, 5.74) is 8.00. The van der Waals surface area contributed by atoms with Crippen LogP contribution < -0.4 is 0 Å². The van der Waals surface area contributed by atoms with Crippen molar-refractivity contribution in [2.24, 2.45) is 5.11 Å². The average Bonchev–Trinajstić information content (AvgIpc) is 2.37. The molecule has 0 saturated carbocycles. The molecule has 0 spiro atoms. The van der Waals surface area contributed by atoms with Crippen molar-refractivity contribution in [3.8, 4) is 0 Å². The lowest BCUT2D eigenvalue weighted by molar-refractivity contribution is -0.138. The van der Waals surface area contributed by atoms with Gasteiger partial charge in [0.25, 0.3) is 0 Å². The Bertz CT molecular complexity index is 219. The number of aliphatic hydroxyl groups excluding tert-OH is 3. The quantitative estimate of drug-likeness (QED) is 0.141. The van der Waals surface area contributed by atoms with Gasteiger partial charge in [-0.2, -0.15) is 0 Å². The molecule has 0 rings (SSSR count). The number of hydrogen-bond donors (Lipinski definition) is 3. The smallest absolute Gasteiger partial charge is 0.147 e. The van der Waals surface area contributed by atoms with Gasteiger partial charge in [0.15, 0.2) is 0 Å². The fourth-order valence-corrected chi connectivity index (χ4v) is 0.805. The third-order valence-corrected chi connectivity index (χ3v) is 1.73. The van der Waals surface area contributed by atoms with Crippen LogP contribution in [-0.4, -0.2) is 67.5 Å². The molecule has 0 saturated heterocycles. The molecule has 0 amide bonds. The highest BCUT2D eigenvalue weighted by Gasteiger charge is 2.09. The molecule has 0 radical (unpaired) electrons. The molecule has 1 unspecified atom stereocenters. The van der Waals surface area contributed by atoms with Gasteiger partial charge in [-0.1, -0.05) is 5.11 Å². The van der Waals surface area contributed by atoms with Crippen LogP contribution in [0.2, 0.25) is 0 Å². The second-order valence-corrected chi connectivity index (χ2v) is 2.97. The molecule has 100 valence electrons. The summed E-state index contributed by atoms with van der Waals surface area (Å²) in [5, 5.41) is 29.3. The first-order valence-corrected chi connectivity index (χ1v) is 4.92. The van der Waals surface area contributed by atoms with Crippen LogP contribution in [0.3, 0.4) is 0 Å². The topological polar surface area (TPSA) is 137 Å². The number of aliphatic hydroxyl groups is 3. The Kier molecular flexibility index (Phi) is 10.9. The molecule has 1 atom stereocenters. The standard InChI is InChI=1S/C8H17N3O6/c9-11-10-5-16-8(3-14)4-15-6-17-7(1-12)2-13/h7-8,12-14H,1-6H2. The summed E-state index contributed by atoms with van der Waals surface area (Å²) >= 11 is 0. The summed E-state index contributed by atoms with van der Waals surface area (Å²) in [6, 6.07) is 0. The minimum absolute atomic E-state index is 0.0427. The van der Waals surface area contributed by atoms with Gasteiger partial charge < -0.3 is 29.5 Å². The number of nitrogens with zero attached hydrogens (tertiary/aromatic N) is 3. The molecule has 0 aliphatic carbocycles. The molecule has 9 nitrogen and oxygen atoms in total. The number of hydrogen-bond acceptors (Lipinski definition) is 7. The van der Waals surface area contributed by atoms with E-state index in [-0.39, 0.29) is 40.0 Å². The molecule has 0 aromatic carbocycles. The zero-order chi connectivity index (χ0) is 12.9. The molecular formula is C8H17N3O6. The van der Waals surface area contributed by atoms with Crippen molar-refractivity contribution in [3.05, 3.63) is 10.4 Å². The van der Waals surface area contributed by atoms with Gasteiger partial charge in [-0.15, -0.1) is 0 Å². The maximum atomic E-state index is 8.87. The van der Waals surface area contributed by atoms with E-state index in [2.05, 4.69) is 10.0 Å². The summed E-state index contributed by atoms with van der Waals surface area (Å²) in [6.45, 7) is -1.20. The SMILES string of the molecule is [N-]=[N+]=NCOC(CO)COCOC(CO)CO. The summed E-state index contributed by atoms with van der Waals surface area (Å²) in [5.74, 6) is 0. The van der Waals surface area contributed by atoms with Crippen molar-refractivity contribution in [1.29, 1.82) is 0 Å². The van der Waals surface area contributed by atoms with E-state index in [1.807, 2.05) is 0 Å². The molecular weight excluding hydrogens is 234 g/mol. The van der Waals surface area contributed by atoms with Crippen LogP contribution in [0.15, 0.2) is 5.11 Å². The summed E-state index contributed by atoms with van der Waals surface area (Å²) in [4.78, 5) is 2.48. The zero-order valence-corrected chi connectivity index (χ0v) is 9.31. The molecule has 0 bridgehead atoms. The Hall–Kier alpha value is -0.930. The Morgan fingerprint density at radius 3 is 2.24 bits per heavy atom. The van der Waals surface area contributed by atoms with Crippen molar-refractivity contribution in [2.75, 3.05) is 40.0 Å². The van der Waals surface area contributed by atoms with E-state index in [9.17, 15) is 0 Å². The Morgan fingerprint density at radius 2 is 1.71 bits per heavy atom. The van der Waals surface area contributed by atoms with Gasteiger partial charge >= 0.3 is 0 Å². The van der Waals surface area contributed by atoms with Crippen LogP contribution in [0.5, 0.6) is 0 Å². The highest BCUT2D eigenvalue weighted by atomic mass is 16.7.